The van der Waals surface area contributed by atoms with Crippen LogP contribution in [-0.2, 0) is 0 Å². The second-order valence-electron chi connectivity index (χ2n) is 3.57. The van der Waals surface area contributed by atoms with Gasteiger partial charge in [0.05, 0.1) is 0 Å². The quantitative estimate of drug-likeness (QED) is 0.805. The van der Waals surface area contributed by atoms with Crippen molar-refractivity contribution in [1.82, 2.24) is 14.9 Å². The summed E-state index contributed by atoms with van der Waals surface area (Å²) in [6.07, 6.45) is 0.720. The molecule has 0 aliphatic heterocycles. The van der Waals surface area contributed by atoms with Gasteiger partial charge in [0.25, 0.3) is 5.91 Å². The number of carbonyl (C=O) groups is 1. The maximum absolute atomic E-state index is 11.5. The number of hydrogen-bond donors (Lipinski definition) is 1. The van der Waals surface area contributed by atoms with Crippen molar-refractivity contribution in [2.75, 3.05) is 5.88 Å². The molecule has 0 atom stereocenters. The maximum Gasteiger partial charge on any atom is 0.273 e. The number of rotatable bonds is 4. The van der Waals surface area contributed by atoms with Crippen molar-refractivity contribution in [3.8, 4) is 0 Å². The van der Waals surface area contributed by atoms with Gasteiger partial charge in [-0.25, -0.2) is 0 Å². The van der Waals surface area contributed by atoms with Crippen LogP contribution in [0, 0.1) is 0 Å². The summed E-state index contributed by atoms with van der Waals surface area (Å²) in [6, 6.07) is 0. The van der Waals surface area contributed by atoms with Crippen LogP contribution in [0.5, 0.6) is 0 Å². The van der Waals surface area contributed by atoms with E-state index < -0.39 is 0 Å². The lowest BCUT2D eigenvalue weighted by Crippen LogP contribution is -2.43. The molecule has 1 aromatic rings. The molecule has 0 saturated carbocycles. The van der Waals surface area contributed by atoms with E-state index in [4.69, 9.17) is 11.6 Å². The van der Waals surface area contributed by atoms with Gasteiger partial charge in [-0.05, 0) is 31.8 Å². The molecule has 0 unspecified atom stereocenters. The van der Waals surface area contributed by atoms with Crippen LogP contribution in [0.4, 0.5) is 0 Å². The van der Waals surface area contributed by atoms with Gasteiger partial charge in [-0.15, -0.1) is 16.7 Å². The van der Waals surface area contributed by atoms with Crippen LogP contribution in [0.2, 0.25) is 0 Å². The predicted octanol–water partition coefficient (Wildman–Crippen LogP) is 1.68. The molecule has 78 valence electrons. The number of aromatic nitrogens is 2. The van der Waals surface area contributed by atoms with E-state index in [2.05, 4.69) is 14.9 Å². The van der Waals surface area contributed by atoms with E-state index in [1.807, 2.05) is 13.8 Å². The SMILES string of the molecule is CC(C)(CCCl)NC(=O)c1csnn1. The topological polar surface area (TPSA) is 54.9 Å². The lowest BCUT2D eigenvalue weighted by atomic mass is 10.0. The smallest absolute Gasteiger partial charge is 0.273 e. The second-order valence-corrected chi connectivity index (χ2v) is 4.55. The fourth-order valence-corrected chi connectivity index (χ4v) is 1.84. The first-order valence-electron chi connectivity index (χ1n) is 4.21. The summed E-state index contributed by atoms with van der Waals surface area (Å²) >= 11 is 6.78. The molecule has 0 aliphatic carbocycles. The molecule has 6 heteroatoms. The molecule has 0 aromatic carbocycles. The van der Waals surface area contributed by atoms with Crippen LogP contribution in [0.25, 0.3) is 0 Å². The van der Waals surface area contributed by atoms with Gasteiger partial charge in [-0.2, -0.15) is 0 Å². The summed E-state index contributed by atoms with van der Waals surface area (Å²) in [4.78, 5) is 11.5. The Hall–Kier alpha value is -0.680. The standard InChI is InChI=1S/C8H12ClN3OS/c1-8(2,3-4-9)10-7(13)6-5-14-12-11-6/h5H,3-4H2,1-2H3,(H,10,13). The average Bonchev–Trinajstić information content (AvgIpc) is 2.53. The number of halogens is 1. The summed E-state index contributed by atoms with van der Waals surface area (Å²) in [5.74, 6) is 0.316. The van der Waals surface area contributed by atoms with Crippen molar-refractivity contribution in [1.29, 1.82) is 0 Å². The summed E-state index contributed by atoms with van der Waals surface area (Å²) < 4.78 is 3.62. The zero-order chi connectivity index (χ0) is 10.6. The molecule has 0 fully saturated rings. The first kappa shape index (κ1) is 11.4. The minimum absolute atomic E-state index is 0.200. The monoisotopic (exact) mass is 233 g/mol. The molecule has 1 rings (SSSR count). The molecular weight excluding hydrogens is 222 g/mol. The Balaban J connectivity index is 2.57. The molecular formula is C8H12ClN3OS. The summed E-state index contributed by atoms with van der Waals surface area (Å²) in [6.45, 7) is 3.85. The second kappa shape index (κ2) is 4.70. The van der Waals surface area contributed by atoms with Gasteiger partial charge in [0, 0.05) is 16.8 Å². The van der Waals surface area contributed by atoms with E-state index in [0.29, 0.717) is 11.6 Å². The van der Waals surface area contributed by atoms with E-state index >= 15 is 0 Å². The Morgan fingerprint density at radius 2 is 2.43 bits per heavy atom. The molecule has 0 saturated heterocycles. The lowest BCUT2D eigenvalue weighted by Gasteiger charge is -2.24. The van der Waals surface area contributed by atoms with Crippen LogP contribution in [0.3, 0.4) is 0 Å². The van der Waals surface area contributed by atoms with Crippen LogP contribution in [0.1, 0.15) is 30.8 Å². The minimum Gasteiger partial charge on any atom is -0.346 e. The fraction of sp³-hybridized carbons (Fsp3) is 0.625. The minimum atomic E-state index is -0.303. The van der Waals surface area contributed by atoms with Gasteiger partial charge < -0.3 is 5.32 Å². The highest BCUT2D eigenvalue weighted by Gasteiger charge is 2.21. The first-order chi connectivity index (χ1) is 6.55. The molecule has 1 N–H and O–H groups in total. The van der Waals surface area contributed by atoms with Crippen LogP contribution >= 0.6 is 23.1 Å². The van der Waals surface area contributed by atoms with E-state index in [0.717, 1.165) is 18.0 Å². The van der Waals surface area contributed by atoms with Crippen molar-refractivity contribution in [3.63, 3.8) is 0 Å². The van der Waals surface area contributed by atoms with E-state index in [1.54, 1.807) is 5.38 Å². The van der Waals surface area contributed by atoms with E-state index in [9.17, 15) is 4.79 Å². The van der Waals surface area contributed by atoms with E-state index in [1.165, 1.54) is 0 Å². The van der Waals surface area contributed by atoms with Crippen molar-refractivity contribution in [3.05, 3.63) is 11.1 Å². The van der Waals surface area contributed by atoms with Crippen molar-refractivity contribution in [2.24, 2.45) is 0 Å². The lowest BCUT2D eigenvalue weighted by molar-refractivity contribution is 0.0906. The predicted molar refractivity (Wildman–Crippen MR) is 56.8 cm³/mol. The summed E-state index contributed by atoms with van der Waals surface area (Å²) in [7, 11) is 0. The Bertz CT molecular complexity index is 300. The highest BCUT2D eigenvalue weighted by atomic mass is 35.5. The molecule has 1 heterocycles. The number of nitrogens with one attached hydrogen (secondary N) is 1. The third kappa shape index (κ3) is 3.23. The van der Waals surface area contributed by atoms with Gasteiger partial charge in [0.1, 0.15) is 0 Å². The zero-order valence-corrected chi connectivity index (χ0v) is 9.65. The largest absolute Gasteiger partial charge is 0.346 e. The van der Waals surface area contributed by atoms with Gasteiger partial charge >= 0.3 is 0 Å². The molecule has 0 radical (unpaired) electrons. The first-order valence-corrected chi connectivity index (χ1v) is 5.58. The Morgan fingerprint density at radius 1 is 1.71 bits per heavy atom. The number of carbonyl (C=O) groups excluding carboxylic acids is 1. The number of hydrogen-bond acceptors (Lipinski definition) is 4. The molecule has 1 amide bonds. The van der Waals surface area contributed by atoms with Crippen molar-refractivity contribution >= 4 is 29.0 Å². The summed E-state index contributed by atoms with van der Waals surface area (Å²) in [5, 5.41) is 8.14. The van der Waals surface area contributed by atoms with Crippen molar-refractivity contribution < 1.29 is 4.79 Å². The summed E-state index contributed by atoms with van der Waals surface area (Å²) in [5.41, 5.74) is 0.0558. The maximum atomic E-state index is 11.5. The third-order valence-corrected chi connectivity index (χ3v) is 2.46. The van der Waals surface area contributed by atoms with Gasteiger partial charge in [0.2, 0.25) is 0 Å². The van der Waals surface area contributed by atoms with Gasteiger partial charge in [-0.1, -0.05) is 4.49 Å². The number of nitrogens with zero attached hydrogens (tertiary/aromatic N) is 2. The van der Waals surface area contributed by atoms with Gasteiger partial charge in [0.15, 0.2) is 5.69 Å². The van der Waals surface area contributed by atoms with Crippen LogP contribution in [-0.4, -0.2) is 26.9 Å². The molecule has 0 aliphatic rings. The van der Waals surface area contributed by atoms with Crippen LogP contribution in [0.15, 0.2) is 5.38 Å². The number of amides is 1. The molecule has 0 spiro atoms. The van der Waals surface area contributed by atoms with Crippen LogP contribution < -0.4 is 5.32 Å². The highest BCUT2D eigenvalue weighted by Crippen LogP contribution is 2.10. The fourth-order valence-electron chi connectivity index (χ4n) is 0.934. The van der Waals surface area contributed by atoms with Gasteiger partial charge in [-0.3, -0.25) is 4.79 Å². The van der Waals surface area contributed by atoms with Crippen molar-refractivity contribution in [2.45, 2.75) is 25.8 Å². The average molecular weight is 234 g/mol. The molecule has 14 heavy (non-hydrogen) atoms. The Labute approximate surface area is 91.8 Å². The Morgan fingerprint density at radius 3 is 2.93 bits per heavy atom. The number of alkyl halides is 1. The molecule has 1 aromatic heterocycles. The highest BCUT2D eigenvalue weighted by molar-refractivity contribution is 7.03. The van der Waals surface area contributed by atoms with E-state index in [-0.39, 0.29) is 11.4 Å². The molecule has 0 bridgehead atoms. The third-order valence-electron chi connectivity index (χ3n) is 1.76. The normalized spacial score (nSPS) is 11.4. The zero-order valence-electron chi connectivity index (χ0n) is 8.08. The Kier molecular flexibility index (Phi) is 3.83. The molecule has 4 nitrogen and oxygen atoms in total.